The molecular formula is C14H15ClN2O2. The van der Waals surface area contributed by atoms with Gasteiger partial charge in [0.15, 0.2) is 5.78 Å². The largest absolute Gasteiger partial charge is 0.506 e. The molecule has 5 heteroatoms. The van der Waals surface area contributed by atoms with E-state index in [4.69, 9.17) is 11.6 Å². The van der Waals surface area contributed by atoms with Crippen molar-refractivity contribution in [2.45, 2.75) is 20.8 Å². The van der Waals surface area contributed by atoms with Crippen molar-refractivity contribution in [1.29, 1.82) is 0 Å². The number of rotatable bonds is 3. The van der Waals surface area contributed by atoms with Gasteiger partial charge in [0, 0.05) is 10.9 Å². The quantitative estimate of drug-likeness (QED) is 0.876. The summed E-state index contributed by atoms with van der Waals surface area (Å²) in [5.74, 6) is 0.00808. The van der Waals surface area contributed by atoms with Crippen molar-refractivity contribution in [1.82, 2.24) is 9.78 Å². The Hall–Kier alpha value is -1.81. The molecule has 2 rings (SSSR count). The second-order valence-electron chi connectivity index (χ2n) is 4.71. The number of phenolic OH excluding ortho intramolecular Hbond substituents is 1. The number of hydrogen-bond acceptors (Lipinski definition) is 3. The van der Waals surface area contributed by atoms with Crippen molar-refractivity contribution in [2.24, 2.45) is 5.92 Å². The number of benzene rings is 1. The maximum absolute atomic E-state index is 12.0. The summed E-state index contributed by atoms with van der Waals surface area (Å²) in [6.45, 7) is 5.48. The third-order valence-corrected chi connectivity index (χ3v) is 3.20. The molecule has 0 bridgehead atoms. The SMILES string of the molecule is Cc1c(C(=O)C(C)C)cnn1-c1cc(Cl)ccc1O. The van der Waals surface area contributed by atoms with Gasteiger partial charge in [-0.1, -0.05) is 25.4 Å². The van der Waals surface area contributed by atoms with Crippen LogP contribution in [0.5, 0.6) is 5.75 Å². The van der Waals surface area contributed by atoms with Crippen LogP contribution in [0.25, 0.3) is 5.69 Å². The second-order valence-corrected chi connectivity index (χ2v) is 5.14. The number of hydrogen-bond donors (Lipinski definition) is 1. The highest BCUT2D eigenvalue weighted by atomic mass is 35.5. The Bertz CT molecular complexity index is 632. The Morgan fingerprint density at radius 2 is 2.11 bits per heavy atom. The predicted molar refractivity (Wildman–Crippen MR) is 74.1 cm³/mol. The minimum atomic E-state index is -0.0932. The molecule has 0 unspecified atom stereocenters. The zero-order valence-electron chi connectivity index (χ0n) is 11.0. The van der Waals surface area contributed by atoms with Crippen LogP contribution in [0.4, 0.5) is 0 Å². The normalized spacial score (nSPS) is 11.0. The molecule has 1 aromatic heterocycles. The molecule has 100 valence electrons. The molecule has 1 heterocycles. The van der Waals surface area contributed by atoms with Crippen molar-refractivity contribution in [2.75, 3.05) is 0 Å². The maximum Gasteiger partial charge on any atom is 0.168 e. The van der Waals surface area contributed by atoms with E-state index in [2.05, 4.69) is 5.10 Å². The van der Waals surface area contributed by atoms with Crippen LogP contribution in [-0.2, 0) is 0 Å². The molecule has 0 radical (unpaired) electrons. The summed E-state index contributed by atoms with van der Waals surface area (Å²) >= 11 is 5.92. The van der Waals surface area contributed by atoms with Crippen LogP contribution in [-0.4, -0.2) is 20.7 Å². The van der Waals surface area contributed by atoms with Gasteiger partial charge >= 0.3 is 0 Å². The molecule has 0 aliphatic carbocycles. The van der Waals surface area contributed by atoms with E-state index in [1.807, 2.05) is 13.8 Å². The van der Waals surface area contributed by atoms with Gasteiger partial charge in [0.05, 0.1) is 17.5 Å². The highest BCUT2D eigenvalue weighted by Crippen LogP contribution is 2.27. The summed E-state index contributed by atoms with van der Waals surface area (Å²) in [4.78, 5) is 12.0. The molecule has 4 nitrogen and oxygen atoms in total. The van der Waals surface area contributed by atoms with Crippen LogP contribution in [0.1, 0.15) is 29.9 Å². The van der Waals surface area contributed by atoms with Gasteiger partial charge in [-0.3, -0.25) is 4.79 Å². The van der Waals surface area contributed by atoms with Crippen LogP contribution in [0.15, 0.2) is 24.4 Å². The number of aromatic nitrogens is 2. The fraction of sp³-hybridized carbons (Fsp3) is 0.286. The van der Waals surface area contributed by atoms with E-state index in [0.717, 1.165) is 0 Å². The van der Waals surface area contributed by atoms with Gasteiger partial charge in [-0.2, -0.15) is 5.10 Å². The predicted octanol–water partition coefficient (Wildman–Crippen LogP) is 3.38. The summed E-state index contributed by atoms with van der Waals surface area (Å²) in [5.41, 5.74) is 1.72. The number of halogens is 1. The molecule has 19 heavy (non-hydrogen) atoms. The molecule has 1 N–H and O–H groups in total. The van der Waals surface area contributed by atoms with Gasteiger partial charge in [0.2, 0.25) is 0 Å². The molecule has 0 spiro atoms. The fourth-order valence-corrected chi connectivity index (χ4v) is 2.04. The minimum Gasteiger partial charge on any atom is -0.506 e. The van der Waals surface area contributed by atoms with Crippen molar-refractivity contribution >= 4 is 17.4 Å². The molecule has 0 fully saturated rings. The van der Waals surface area contributed by atoms with Crippen LogP contribution in [0, 0.1) is 12.8 Å². The van der Waals surface area contributed by atoms with E-state index in [0.29, 0.717) is 22.0 Å². The number of aromatic hydroxyl groups is 1. The van der Waals surface area contributed by atoms with Crippen LogP contribution in [0.3, 0.4) is 0 Å². The summed E-state index contributed by atoms with van der Waals surface area (Å²) < 4.78 is 1.52. The van der Waals surface area contributed by atoms with Crippen molar-refractivity contribution in [3.63, 3.8) is 0 Å². The standard InChI is InChI=1S/C14H15ClN2O2/c1-8(2)14(19)11-7-16-17(9(11)3)12-6-10(15)4-5-13(12)18/h4-8,18H,1-3H3. The third kappa shape index (κ3) is 2.49. The first-order chi connectivity index (χ1) is 8.91. The van der Waals surface area contributed by atoms with Gasteiger partial charge in [-0.05, 0) is 25.1 Å². The number of carbonyl (C=O) groups is 1. The van der Waals surface area contributed by atoms with E-state index in [1.54, 1.807) is 19.1 Å². The summed E-state index contributed by atoms with van der Waals surface area (Å²) in [6, 6.07) is 4.71. The summed E-state index contributed by atoms with van der Waals surface area (Å²) in [7, 11) is 0. The fourth-order valence-electron chi connectivity index (χ4n) is 1.87. The van der Waals surface area contributed by atoms with Crippen molar-refractivity contribution in [3.8, 4) is 11.4 Å². The summed E-state index contributed by atoms with van der Waals surface area (Å²) in [6.07, 6.45) is 1.53. The average Bonchev–Trinajstić information content (AvgIpc) is 2.73. The van der Waals surface area contributed by atoms with Gasteiger partial charge < -0.3 is 5.11 Å². The molecule has 0 aliphatic rings. The Morgan fingerprint density at radius 1 is 1.42 bits per heavy atom. The van der Waals surface area contributed by atoms with E-state index in [9.17, 15) is 9.90 Å². The number of carbonyl (C=O) groups excluding carboxylic acids is 1. The van der Waals surface area contributed by atoms with Gasteiger partial charge in [-0.15, -0.1) is 0 Å². The van der Waals surface area contributed by atoms with Crippen LogP contribution < -0.4 is 0 Å². The highest BCUT2D eigenvalue weighted by molar-refractivity contribution is 6.30. The van der Waals surface area contributed by atoms with Gasteiger partial charge in [0.1, 0.15) is 11.4 Å². The molecule has 0 atom stereocenters. The zero-order valence-corrected chi connectivity index (χ0v) is 11.8. The summed E-state index contributed by atoms with van der Waals surface area (Å²) in [5, 5.41) is 14.5. The lowest BCUT2D eigenvalue weighted by Gasteiger charge is -2.08. The lowest BCUT2D eigenvalue weighted by Crippen LogP contribution is -2.09. The molecule has 1 aromatic carbocycles. The number of nitrogens with zero attached hydrogens (tertiary/aromatic N) is 2. The Labute approximate surface area is 116 Å². The monoisotopic (exact) mass is 278 g/mol. The van der Waals surface area contributed by atoms with Gasteiger partial charge in [-0.25, -0.2) is 4.68 Å². The topological polar surface area (TPSA) is 55.1 Å². The van der Waals surface area contributed by atoms with Gasteiger partial charge in [0.25, 0.3) is 0 Å². The third-order valence-electron chi connectivity index (χ3n) is 2.97. The minimum absolute atomic E-state index is 0.0327. The number of phenols is 1. The molecule has 0 amide bonds. The highest BCUT2D eigenvalue weighted by Gasteiger charge is 2.18. The molecule has 0 saturated heterocycles. The molecule has 0 saturated carbocycles. The van der Waals surface area contributed by atoms with Crippen molar-refractivity contribution < 1.29 is 9.90 Å². The van der Waals surface area contributed by atoms with Crippen LogP contribution in [0.2, 0.25) is 5.02 Å². The first-order valence-electron chi connectivity index (χ1n) is 5.99. The Kier molecular flexibility index (Phi) is 3.62. The number of ketones is 1. The van der Waals surface area contributed by atoms with Crippen molar-refractivity contribution in [3.05, 3.63) is 40.7 Å². The lowest BCUT2D eigenvalue weighted by atomic mass is 10.0. The average molecular weight is 279 g/mol. The lowest BCUT2D eigenvalue weighted by molar-refractivity contribution is 0.0938. The molecule has 2 aromatic rings. The maximum atomic E-state index is 12.0. The van der Waals surface area contributed by atoms with E-state index < -0.39 is 0 Å². The Balaban J connectivity index is 2.53. The Morgan fingerprint density at radius 3 is 2.74 bits per heavy atom. The zero-order chi connectivity index (χ0) is 14.2. The molecule has 0 aliphatic heterocycles. The number of Topliss-reactive ketones (excluding diaryl/α,β-unsaturated/α-hetero) is 1. The molecular weight excluding hydrogens is 264 g/mol. The second kappa shape index (κ2) is 5.05. The first-order valence-corrected chi connectivity index (χ1v) is 6.37. The van der Waals surface area contributed by atoms with E-state index >= 15 is 0 Å². The van der Waals surface area contributed by atoms with Crippen LogP contribution >= 0.6 is 11.6 Å². The van der Waals surface area contributed by atoms with E-state index in [-0.39, 0.29) is 17.5 Å². The smallest absolute Gasteiger partial charge is 0.168 e. The first kappa shape index (κ1) is 13.6. The van der Waals surface area contributed by atoms with E-state index in [1.165, 1.54) is 16.9 Å².